The minimum absolute atomic E-state index is 0.136. The van der Waals surface area contributed by atoms with E-state index in [1.54, 1.807) is 19.2 Å². The molecule has 0 amide bonds. The Morgan fingerprint density at radius 1 is 1.10 bits per heavy atom. The van der Waals surface area contributed by atoms with Gasteiger partial charge in [0.05, 0.1) is 29.1 Å². The highest BCUT2D eigenvalue weighted by Gasteiger charge is 2.14. The second kappa shape index (κ2) is 6.02. The molecule has 0 fully saturated rings. The number of hydrogen-bond donors (Lipinski definition) is 3. The smallest absolute Gasteiger partial charge is 0.240 e. The van der Waals surface area contributed by atoms with Gasteiger partial charge in [0.2, 0.25) is 10.0 Å². The van der Waals surface area contributed by atoms with Crippen LogP contribution in [0.3, 0.4) is 0 Å². The molecule has 2 rings (SSSR count). The van der Waals surface area contributed by atoms with Gasteiger partial charge in [0, 0.05) is 0 Å². The summed E-state index contributed by atoms with van der Waals surface area (Å²) in [6.45, 7) is 0. The number of methoxy groups -OCH3 is 1. The molecule has 21 heavy (non-hydrogen) atoms. The topological polar surface area (TPSA) is 93.5 Å². The van der Waals surface area contributed by atoms with Crippen LogP contribution in [0, 0.1) is 0 Å². The molecule has 0 heterocycles. The summed E-state index contributed by atoms with van der Waals surface area (Å²) in [4.78, 5) is 0.136. The first kappa shape index (κ1) is 15.1. The van der Waals surface area contributed by atoms with E-state index in [9.17, 15) is 8.42 Å². The van der Waals surface area contributed by atoms with Crippen LogP contribution in [-0.2, 0) is 10.0 Å². The van der Waals surface area contributed by atoms with Crippen molar-refractivity contribution in [3.63, 3.8) is 0 Å². The van der Waals surface area contributed by atoms with Gasteiger partial charge < -0.3 is 15.8 Å². The van der Waals surface area contributed by atoms with Crippen molar-refractivity contribution in [3.05, 3.63) is 42.5 Å². The monoisotopic (exact) mass is 307 g/mol. The number of rotatable bonds is 5. The Kier molecular flexibility index (Phi) is 4.35. The van der Waals surface area contributed by atoms with Crippen LogP contribution in [0.5, 0.6) is 5.75 Å². The lowest BCUT2D eigenvalue weighted by Crippen LogP contribution is -2.18. The Morgan fingerprint density at radius 2 is 1.81 bits per heavy atom. The SMILES string of the molecule is CNS(=O)(=O)c1ccc(N)c(Nc2ccccc2OC)c1. The van der Waals surface area contributed by atoms with Crippen molar-refractivity contribution >= 4 is 27.1 Å². The average molecular weight is 307 g/mol. The molecule has 6 nitrogen and oxygen atoms in total. The fourth-order valence-corrected chi connectivity index (χ4v) is 2.58. The van der Waals surface area contributed by atoms with Crippen LogP contribution in [0.15, 0.2) is 47.4 Å². The van der Waals surface area contributed by atoms with Gasteiger partial charge in [0.15, 0.2) is 0 Å². The predicted molar refractivity (Wildman–Crippen MR) is 83.4 cm³/mol. The Hall–Kier alpha value is -2.25. The van der Waals surface area contributed by atoms with E-state index in [-0.39, 0.29) is 4.90 Å². The highest BCUT2D eigenvalue weighted by atomic mass is 32.2. The number of ether oxygens (including phenoxy) is 1. The molecule has 0 aromatic heterocycles. The van der Waals surface area contributed by atoms with Crippen LogP contribution in [0.25, 0.3) is 0 Å². The van der Waals surface area contributed by atoms with Gasteiger partial charge in [-0.3, -0.25) is 0 Å². The number of para-hydroxylation sites is 2. The number of sulfonamides is 1. The van der Waals surface area contributed by atoms with Gasteiger partial charge >= 0.3 is 0 Å². The van der Waals surface area contributed by atoms with Crippen molar-refractivity contribution in [1.82, 2.24) is 4.72 Å². The number of anilines is 3. The van der Waals surface area contributed by atoms with Crippen LogP contribution in [0.1, 0.15) is 0 Å². The third-order valence-corrected chi connectivity index (χ3v) is 4.39. The number of nitrogen functional groups attached to an aromatic ring is 1. The first-order chi connectivity index (χ1) is 9.97. The molecule has 0 saturated carbocycles. The van der Waals surface area contributed by atoms with Crippen molar-refractivity contribution in [2.45, 2.75) is 4.90 Å². The quantitative estimate of drug-likeness (QED) is 0.734. The van der Waals surface area contributed by atoms with Crippen molar-refractivity contribution in [1.29, 1.82) is 0 Å². The summed E-state index contributed by atoms with van der Waals surface area (Å²) < 4.78 is 31.2. The summed E-state index contributed by atoms with van der Waals surface area (Å²) in [5.74, 6) is 0.638. The molecule has 7 heteroatoms. The van der Waals surface area contributed by atoms with E-state index < -0.39 is 10.0 Å². The lowest BCUT2D eigenvalue weighted by Gasteiger charge is -2.14. The van der Waals surface area contributed by atoms with Crippen LogP contribution < -0.4 is 20.5 Å². The second-order valence-electron chi connectivity index (χ2n) is 4.28. The zero-order chi connectivity index (χ0) is 15.5. The molecule has 0 saturated heterocycles. The Bertz CT molecular complexity index is 745. The molecule has 0 aliphatic heterocycles. The summed E-state index contributed by atoms with van der Waals surface area (Å²) in [5, 5.41) is 3.09. The van der Waals surface area contributed by atoms with Crippen LogP contribution in [0.4, 0.5) is 17.1 Å². The number of hydrogen-bond acceptors (Lipinski definition) is 5. The van der Waals surface area contributed by atoms with Crippen LogP contribution in [-0.4, -0.2) is 22.6 Å². The maximum atomic E-state index is 11.8. The fraction of sp³-hybridized carbons (Fsp3) is 0.143. The Morgan fingerprint density at radius 3 is 2.48 bits per heavy atom. The van der Waals surface area contributed by atoms with Crippen molar-refractivity contribution in [2.24, 2.45) is 0 Å². The fourth-order valence-electron chi connectivity index (χ4n) is 1.82. The molecule has 0 spiro atoms. The van der Waals surface area contributed by atoms with E-state index in [2.05, 4.69) is 10.0 Å². The first-order valence-corrected chi connectivity index (χ1v) is 7.69. The zero-order valence-corrected chi connectivity index (χ0v) is 12.6. The average Bonchev–Trinajstić information content (AvgIpc) is 2.49. The number of nitrogens with two attached hydrogens (primary N) is 1. The molecular formula is C14H17N3O3S. The van der Waals surface area contributed by atoms with Gasteiger partial charge in [0.1, 0.15) is 5.75 Å². The molecule has 0 unspecified atom stereocenters. The molecule has 0 radical (unpaired) electrons. The van der Waals surface area contributed by atoms with Crippen LogP contribution in [0.2, 0.25) is 0 Å². The molecule has 0 bridgehead atoms. The molecule has 0 atom stereocenters. The predicted octanol–water partition coefficient (Wildman–Crippen LogP) is 1.93. The van der Waals surface area contributed by atoms with Crippen molar-refractivity contribution in [3.8, 4) is 5.75 Å². The van der Waals surface area contributed by atoms with Gasteiger partial charge in [0.25, 0.3) is 0 Å². The van der Waals surface area contributed by atoms with E-state index in [0.29, 0.717) is 22.8 Å². The van der Waals surface area contributed by atoms with Gasteiger partial charge in [-0.05, 0) is 37.4 Å². The van der Waals surface area contributed by atoms with E-state index in [1.807, 2.05) is 18.2 Å². The highest BCUT2D eigenvalue weighted by molar-refractivity contribution is 7.89. The molecule has 2 aromatic rings. The minimum atomic E-state index is -3.52. The van der Waals surface area contributed by atoms with E-state index in [4.69, 9.17) is 10.5 Å². The van der Waals surface area contributed by atoms with Crippen molar-refractivity contribution in [2.75, 3.05) is 25.2 Å². The highest BCUT2D eigenvalue weighted by Crippen LogP contribution is 2.31. The Labute approximate surface area is 124 Å². The number of nitrogens with one attached hydrogen (secondary N) is 2. The minimum Gasteiger partial charge on any atom is -0.495 e. The van der Waals surface area contributed by atoms with Gasteiger partial charge in [-0.1, -0.05) is 12.1 Å². The molecule has 0 aliphatic carbocycles. The lowest BCUT2D eigenvalue weighted by atomic mass is 10.2. The maximum Gasteiger partial charge on any atom is 0.240 e. The Balaban J connectivity index is 2.43. The molecule has 0 aliphatic rings. The number of benzene rings is 2. The lowest BCUT2D eigenvalue weighted by molar-refractivity contribution is 0.417. The van der Waals surface area contributed by atoms with E-state index in [1.165, 1.54) is 19.2 Å². The third-order valence-electron chi connectivity index (χ3n) is 2.98. The van der Waals surface area contributed by atoms with Gasteiger partial charge in [-0.25, -0.2) is 13.1 Å². The summed E-state index contributed by atoms with van der Waals surface area (Å²) in [6, 6.07) is 11.8. The zero-order valence-electron chi connectivity index (χ0n) is 11.8. The van der Waals surface area contributed by atoms with Gasteiger partial charge in [-0.15, -0.1) is 0 Å². The molecule has 4 N–H and O–H groups in total. The molecule has 2 aromatic carbocycles. The summed E-state index contributed by atoms with van der Waals surface area (Å²) in [7, 11) is -0.601. The van der Waals surface area contributed by atoms with Gasteiger partial charge in [-0.2, -0.15) is 0 Å². The standard InChI is InChI=1S/C14H17N3O3S/c1-16-21(18,19)10-7-8-11(15)13(9-10)17-12-5-3-4-6-14(12)20-2/h3-9,16-17H,15H2,1-2H3. The summed E-state index contributed by atoms with van der Waals surface area (Å²) in [5.41, 5.74) is 7.53. The van der Waals surface area contributed by atoms with Crippen molar-refractivity contribution < 1.29 is 13.2 Å². The normalized spacial score (nSPS) is 11.1. The van der Waals surface area contributed by atoms with E-state index >= 15 is 0 Å². The molecule has 112 valence electrons. The largest absolute Gasteiger partial charge is 0.495 e. The first-order valence-electron chi connectivity index (χ1n) is 6.21. The molecular weight excluding hydrogens is 290 g/mol. The van der Waals surface area contributed by atoms with E-state index in [0.717, 1.165) is 0 Å². The summed E-state index contributed by atoms with van der Waals surface area (Å²) >= 11 is 0. The maximum absolute atomic E-state index is 11.8. The second-order valence-corrected chi connectivity index (χ2v) is 6.17. The summed E-state index contributed by atoms with van der Waals surface area (Å²) in [6.07, 6.45) is 0. The third kappa shape index (κ3) is 3.26. The van der Waals surface area contributed by atoms with Crippen LogP contribution >= 0.6 is 0 Å².